The molecule has 2 aliphatic rings. The van der Waals surface area contributed by atoms with Gasteiger partial charge in [-0.3, -0.25) is 14.9 Å². The molecule has 1 N–H and O–H groups in total. The third kappa shape index (κ3) is 4.47. The first kappa shape index (κ1) is 19.3. The fourth-order valence-corrected chi connectivity index (χ4v) is 3.54. The Kier molecular flexibility index (Phi) is 6.10. The van der Waals surface area contributed by atoms with E-state index in [9.17, 15) is 19.3 Å². The lowest BCUT2D eigenvalue weighted by Crippen LogP contribution is -2.48. The molecule has 8 nitrogen and oxygen atoms in total. The number of nitro benzene ring substituents is 1. The Morgan fingerprint density at radius 3 is 2.70 bits per heavy atom. The lowest BCUT2D eigenvalue weighted by atomic mass is 10.1. The van der Waals surface area contributed by atoms with Gasteiger partial charge in [0.1, 0.15) is 5.69 Å². The fraction of sp³-hybridized carbons (Fsp3) is 0.611. The van der Waals surface area contributed by atoms with E-state index in [4.69, 9.17) is 4.74 Å². The highest BCUT2D eigenvalue weighted by Crippen LogP contribution is 2.34. The number of halogens is 1. The van der Waals surface area contributed by atoms with E-state index in [0.717, 1.165) is 18.9 Å². The molecule has 2 saturated heterocycles. The molecule has 9 heteroatoms. The topological polar surface area (TPSA) is 88.0 Å². The minimum Gasteiger partial charge on any atom is -0.380 e. The number of hydrogen-bond donors (Lipinski definition) is 1. The molecule has 0 unspecified atom stereocenters. The Hall–Kier alpha value is -2.42. The monoisotopic (exact) mass is 380 g/mol. The lowest BCUT2D eigenvalue weighted by Gasteiger charge is -2.36. The molecule has 1 aromatic carbocycles. The van der Waals surface area contributed by atoms with Gasteiger partial charge in [0.2, 0.25) is 5.91 Å². The highest BCUT2D eigenvalue weighted by atomic mass is 19.1. The van der Waals surface area contributed by atoms with Crippen LogP contribution in [0.4, 0.5) is 21.5 Å². The maximum absolute atomic E-state index is 14.4. The van der Waals surface area contributed by atoms with Crippen LogP contribution < -0.4 is 10.2 Å². The largest absolute Gasteiger partial charge is 0.380 e. The maximum Gasteiger partial charge on any atom is 0.295 e. The van der Waals surface area contributed by atoms with Crippen LogP contribution in [0.15, 0.2) is 12.1 Å². The number of ether oxygens (including phenoxy) is 1. The molecule has 0 bridgehead atoms. The Balaban J connectivity index is 1.76. The summed E-state index contributed by atoms with van der Waals surface area (Å²) >= 11 is 0. The van der Waals surface area contributed by atoms with Crippen molar-refractivity contribution in [1.29, 1.82) is 0 Å². The molecule has 1 amide bonds. The van der Waals surface area contributed by atoms with Crippen molar-refractivity contribution in [1.82, 2.24) is 4.90 Å². The van der Waals surface area contributed by atoms with Crippen LogP contribution in [-0.4, -0.2) is 61.2 Å². The van der Waals surface area contributed by atoms with Crippen LogP contribution in [0.1, 0.15) is 26.2 Å². The number of carbonyl (C=O) groups is 1. The summed E-state index contributed by atoms with van der Waals surface area (Å²) in [6, 6.07) is 2.47. The van der Waals surface area contributed by atoms with Gasteiger partial charge in [-0.2, -0.15) is 0 Å². The van der Waals surface area contributed by atoms with E-state index in [2.05, 4.69) is 5.32 Å². The predicted octanol–water partition coefficient (Wildman–Crippen LogP) is 2.38. The molecule has 0 aromatic heterocycles. The molecule has 3 rings (SSSR count). The first-order valence-electron chi connectivity index (χ1n) is 9.35. The zero-order chi connectivity index (χ0) is 19.4. The highest BCUT2D eigenvalue weighted by Gasteiger charge is 2.27. The van der Waals surface area contributed by atoms with Gasteiger partial charge in [0.15, 0.2) is 5.82 Å². The zero-order valence-corrected chi connectivity index (χ0v) is 15.4. The Bertz CT molecular complexity index is 701. The van der Waals surface area contributed by atoms with Crippen LogP contribution in [-0.2, 0) is 9.53 Å². The van der Waals surface area contributed by atoms with Crippen molar-refractivity contribution < 1.29 is 18.8 Å². The summed E-state index contributed by atoms with van der Waals surface area (Å²) in [6.07, 6.45) is 2.38. The third-order valence-corrected chi connectivity index (χ3v) is 5.08. The average Bonchev–Trinajstić information content (AvgIpc) is 3.20. The zero-order valence-electron chi connectivity index (χ0n) is 15.4. The molecule has 0 spiro atoms. The molecular formula is C18H25FN4O4. The van der Waals surface area contributed by atoms with E-state index in [1.54, 1.807) is 4.90 Å². The van der Waals surface area contributed by atoms with E-state index in [-0.39, 0.29) is 23.4 Å². The van der Waals surface area contributed by atoms with Gasteiger partial charge < -0.3 is 19.9 Å². The van der Waals surface area contributed by atoms with Crippen molar-refractivity contribution in [3.05, 3.63) is 28.1 Å². The molecule has 0 radical (unpaired) electrons. The molecule has 2 heterocycles. The van der Waals surface area contributed by atoms with Crippen molar-refractivity contribution in [3.63, 3.8) is 0 Å². The maximum atomic E-state index is 14.4. The normalized spacial score (nSPS) is 20.0. The summed E-state index contributed by atoms with van der Waals surface area (Å²) < 4.78 is 19.9. The van der Waals surface area contributed by atoms with Gasteiger partial charge in [0, 0.05) is 45.8 Å². The highest BCUT2D eigenvalue weighted by molar-refractivity contribution is 5.76. The van der Waals surface area contributed by atoms with E-state index in [0.29, 0.717) is 51.4 Å². The summed E-state index contributed by atoms with van der Waals surface area (Å²) in [5, 5.41) is 14.4. The fourth-order valence-electron chi connectivity index (χ4n) is 3.54. The minimum atomic E-state index is -0.650. The number of hydrogen-bond acceptors (Lipinski definition) is 6. The number of benzene rings is 1. The molecule has 2 fully saturated rings. The second kappa shape index (κ2) is 8.51. The van der Waals surface area contributed by atoms with Crippen molar-refractivity contribution in [3.8, 4) is 0 Å². The number of nitrogens with zero attached hydrogens (tertiary/aromatic N) is 3. The van der Waals surface area contributed by atoms with E-state index < -0.39 is 10.7 Å². The van der Waals surface area contributed by atoms with E-state index >= 15 is 0 Å². The number of rotatable bonds is 6. The van der Waals surface area contributed by atoms with Crippen LogP contribution in [0.3, 0.4) is 0 Å². The number of nitro groups is 1. The van der Waals surface area contributed by atoms with Gasteiger partial charge in [0.05, 0.1) is 22.8 Å². The Morgan fingerprint density at radius 2 is 2.11 bits per heavy atom. The van der Waals surface area contributed by atoms with Crippen LogP contribution in [0.25, 0.3) is 0 Å². The van der Waals surface area contributed by atoms with Crippen molar-refractivity contribution in [2.45, 2.75) is 32.3 Å². The van der Waals surface area contributed by atoms with Gasteiger partial charge in [-0.05, 0) is 18.9 Å². The first-order valence-corrected chi connectivity index (χ1v) is 9.35. The average molecular weight is 380 g/mol. The number of carbonyl (C=O) groups excluding carboxylic acids is 1. The number of nitrogens with one attached hydrogen (secondary N) is 1. The van der Waals surface area contributed by atoms with Gasteiger partial charge in [-0.25, -0.2) is 4.39 Å². The van der Waals surface area contributed by atoms with Crippen LogP contribution in [0.5, 0.6) is 0 Å². The minimum absolute atomic E-state index is 0.0339. The molecule has 1 aromatic rings. The van der Waals surface area contributed by atoms with Crippen molar-refractivity contribution >= 4 is 23.0 Å². The SMILES string of the molecule is CCC(=O)N1CCN(c2cc(NC[C@@H]3CCCO3)c(F)cc2[N+](=O)[O-])CC1. The Morgan fingerprint density at radius 1 is 1.37 bits per heavy atom. The third-order valence-electron chi connectivity index (χ3n) is 5.08. The predicted molar refractivity (Wildman–Crippen MR) is 99.6 cm³/mol. The van der Waals surface area contributed by atoms with E-state index in [1.807, 2.05) is 11.8 Å². The van der Waals surface area contributed by atoms with Crippen molar-refractivity contribution in [2.75, 3.05) is 49.5 Å². The molecule has 0 saturated carbocycles. The van der Waals surface area contributed by atoms with E-state index in [1.165, 1.54) is 6.07 Å². The standard InChI is InChI=1S/C18H25FN4O4/c1-2-18(24)22-7-5-21(6-8-22)16-11-15(14(19)10-17(16)23(25)26)20-12-13-4-3-9-27-13/h10-11,13,20H,2-9,12H2,1H3/t13-/m0/s1. The summed E-state index contributed by atoms with van der Waals surface area (Å²) in [5.74, 6) is -0.578. The summed E-state index contributed by atoms with van der Waals surface area (Å²) in [5.41, 5.74) is 0.350. The molecule has 0 aliphatic carbocycles. The quantitative estimate of drug-likeness (QED) is 0.602. The van der Waals surface area contributed by atoms with Crippen LogP contribution in [0, 0.1) is 15.9 Å². The number of piperazine rings is 1. The smallest absolute Gasteiger partial charge is 0.295 e. The molecular weight excluding hydrogens is 355 g/mol. The first-order chi connectivity index (χ1) is 13.0. The summed E-state index contributed by atoms with van der Waals surface area (Å²) in [6.45, 7) is 4.94. The van der Waals surface area contributed by atoms with Gasteiger partial charge in [0.25, 0.3) is 5.69 Å². The van der Waals surface area contributed by atoms with Crippen LogP contribution in [0.2, 0.25) is 0 Å². The molecule has 1 atom stereocenters. The van der Waals surface area contributed by atoms with Crippen molar-refractivity contribution in [2.24, 2.45) is 0 Å². The number of amides is 1. The molecule has 148 valence electrons. The number of anilines is 2. The van der Waals surface area contributed by atoms with Crippen LogP contribution >= 0.6 is 0 Å². The molecule has 27 heavy (non-hydrogen) atoms. The summed E-state index contributed by atoms with van der Waals surface area (Å²) in [7, 11) is 0. The second-order valence-corrected chi connectivity index (χ2v) is 6.82. The van der Waals surface area contributed by atoms with Gasteiger partial charge in [-0.1, -0.05) is 6.92 Å². The Labute approximate surface area is 157 Å². The van der Waals surface area contributed by atoms with Gasteiger partial charge in [-0.15, -0.1) is 0 Å². The lowest BCUT2D eigenvalue weighted by molar-refractivity contribution is -0.384. The second-order valence-electron chi connectivity index (χ2n) is 6.82. The summed E-state index contributed by atoms with van der Waals surface area (Å²) in [4.78, 5) is 26.3. The van der Waals surface area contributed by atoms with Gasteiger partial charge >= 0.3 is 0 Å². The molecule has 2 aliphatic heterocycles.